The molecule has 0 bridgehead atoms. The monoisotopic (exact) mass is 461 g/mol. The zero-order chi connectivity index (χ0) is 24.5. The van der Waals surface area contributed by atoms with Crippen LogP contribution >= 0.6 is 0 Å². The molecule has 1 aromatic heterocycles. The molecule has 5 heteroatoms. The van der Waals surface area contributed by atoms with Crippen LogP contribution in [0.4, 0.5) is 0 Å². The van der Waals surface area contributed by atoms with Gasteiger partial charge in [0, 0.05) is 13.0 Å². The second-order valence-corrected chi connectivity index (χ2v) is 9.20. The van der Waals surface area contributed by atoms with Gasteiger partial charge in [0.05, 0.1) is 22.6 Å². The Morgan fingerprint density at radius 1 is 0.941 bits per heavy atom. The first-order valence-electron chi connectivity index (χ1n) is 12.9. The van der Waals surface area contributed by atoms with Gasteiger partial charge in [0.2, 0.25) is 5.91 Å². The number of carbonyl (C=O) groups is 1. The van der Waals surface area contributed by atoms with Crippen molar-refractivity contribution >= 4 is 16.8 Å². The summed E-state index contributed by atoms with van der Waals surface area (Å²) in [6.45, 7) is 8.94. The van der Waals surface area contributed by atoms with Gasteiger partial charge in [-0.1, -0.05) is 76.3 Å². The summed E-state index contributed by atoms with van der Waals surface area (Å²) in [5.41, 5.74) is 2.38. The molecule has 0 saturated carbocycles. The minimum atomic E-state index is -0.315. The van der Waals surface area contributed by atoms with E-state index < -0.39 is 0 Å². The van der Waals surface area contributed by atoms with E-state index in [1.165, 1.54) is 25.7 Å². The standard InChI is InChI=1S/C29H39N3O2/c1-5-7-8-9-10-11-20-27(33)31(21-6-2)23(4)28-30-25-18-14-13-17-24(25)29(34)32(28)26-19-15-12-16-22(26)3/h12-19,23H,5-11,20-21H2,1-4H3. The summed E-state index contributed by atoms with van der Waals surface area (Å²) in [5, 5.41) is 0.585. The Morgan fingerprint density at radius 2 is 1.62 bits per heavy atom. The molecule has 34 heavy (non-hydrogen) atoms. The second kappa shape index (κ2) is 12.5. The number of carbonyl (C=O) groups excluding carboxylic acids is 1. The number of hydrogen-bond donors (Lipinski definition) is 0. The van der Waals surface area contributed by atoms with Crippen LogP contribution in [0.25, 0.3) is 16.6 Å². The van der Waals surface area contributed by atoms with Gasteiger partial charge in [0.25, 0.3) is 5.56 Å². The zero-order valence-corrected chi connectivity index (χ0v) is 21.2. The summed E-state index contributed by atoms with van der Waals surface area (Å²) >= 11 is 0. The van der Waals surface area contributed by atoms with E-state index in [-0.39, 0.29) is 17.5 Å². The minimum Gasteiger partial charge on any atom is -0.333 e. The van der Waals surface area contributed by atoms with Gasteiger partial charge in [0.15, 0.2) is 0 Å². The molecule has 5 nitrogen and oxygen atoms in total. The van der Waals surface area contributed by atoms with Gasteiger partial charge in [-0.25, -0.2) is 4.98 Å². The van der Waals surface area contributed by atoms with Gasteiger partial charge in [-0.05, 0) is 50.5 Å². The third kappa shape index (κ3) is 5.94. The summed E-state index contributed by atoms with van der Waals surface area (Å²) in [6.07, 6.45) is 8.30. The fourth-order valence-corrected chi connectivity index (χ4v) is 4.59. The molecule has 0 fully saturated rings. The van der Waals surface area contributed by atoms with E-state index in [9.17, 15) is 9.59 Å². The number of nitrogens with zero attached hydrogens (tertiary/aromatic N) is 3. The molecule has 0 saturated heterocycles. The van der Waals surface area contributed by atoms with Crippen LogP contribution in [0.15, 0.2) is 53.3 Å². The van der Waals surface area contributed by atoms with Crippen molar-refractivity contribution in [2.75, 3.05) is 6.54 Å². The number of para-hydroxylation sites is 2. The van der Waals surface area contributed by atoms with E-state index in [4.69, 9.17) is 4.98 Å². The van der Waals surface area contributed by atoms with Crippen molar-refractivity contribution in [1.29, 1.82) is 0 Å². The largest absolute Gasteiger partial charge is 0.333 e. The SMILES string of the molecule is CCCCCCCCC(=O)N(CCC)C(C)c1nc2ccccc2c(=O)n1-c1ccccc1C. The number of rotatable bonds is 12. The third-order valence-corrected chi connectivity index (χ3v) is 6.53. The molecular weight excluding hydrogens is 422 g/mol. The van der Waals surface area contributed by atoms with E-state index >= 15 is 0 Å². The molecule has 2 aromatic carbocycles. The van der Waals surface area contributed by atoms with Crippen LogP contribution in [0, 0.1) is 6.92 Å². The Bertz CT molecular complexity index is 1150. The molecule has 1 atom stereocenters. The lowest BCUT2D eigenvalue weighted by Crippen LogP contribution is -2.38. The molecule has 0 aliphatic rings. The number of unbranched alkanes of at least 4 members (excludes halogenated alkanes) is 5. The van der Waals surface area contributed by atoms with Crippen LogP contribution in [0.2, 0.25) is 0 Å². The first kappa shape index (κ1) is 25.7. The fraction of sp³-hybridized carbons (Fsp3) is 0.483. The summed E-state index contributed by atoms with van der Waals surface area (Å²) in [7, 11) is 0. The Labute approximate surface area is 203 Å². The highest BCUT2D eigenvalue weighted by Gasteiger charge is 2.26. The highest BCUT2D eigenvalue weighted by molar-refractivity contribution is 5.79. The van der Waals surface area contributed by atoms with Crippen molar-refractivity contribution in [1.82, 2.24) is 14.5 Å². The van der Waals surface area contributed by atoms with Crippen LogP contribution in [0.5, 0.6) is 0 Å². The molecule has 3 rings (SSSR count). The van der Waals surface area contributed by atoms with Gasteiger partial charge >= 0.3 is 0 Å². The van der Waals surface area contributed by atoms with Crippen LogP contribution in [0.1, 0.15) is 89.6 Å². The lowest BCUT2D eigenvalue weighted by atomic mass is 10.1. The average Bonchev–Trinajstić information content (AvgIpc) is 2.85. The predicted octanol–water partition coefficient (Wildman–Crippen LogP) is 6.74. The summed E-state index contributed by atoms with van der Waals surface area (Å²) in [6, 6.07) is 15.0. The Balaban J connectivity index is 1.98. The van der Waals surface area contributed by atoms with Crippen LogP contribution in [0.3, 0.4) is 0 Å². The smallest absolute Gasteiger partial charge is 0.266 e. The Kier molecular flexibility index (Phi) is 9.43. The first-order valence-corrected chi connectivity index (χ1v) is 12.9. The Morgan fingerprint density at radius 3 is 2.35 bits per heavy atom. The van der Waals surface area contributed by atoms with E-state index in [0.717, 1.165) is 30.5 Å². The van der Waals surface area contributed by atoms with Crippen LogP contribution < -0.4 is 5.56 Å². The highest BCUT2D eigenvalue weighted by atomic mass is 16.2. The maximum Gasteiger partial charge on any atom is 0.266 e. The summed E-state index contributed by atoms with van der Waals surface area (Å²) in [4.78, 5) is 33.8. The maximum atomic E-state index is 13.7. The molecule has 1 unspecified atom stereocenters. The molecule has 3 aromatic rings. The average molecular weight is 462 g/mol. The van der Waals surface area contributed by atoms with Crippen molar-refractivity contribution in [3.8, 4) is 5.69 Å². The number of amides is 1. The van der Waals surface area contributed by atoms with Gasteiger partial charge in [-0.3, -0.25) is 14.2 Å². The highest BCUT2D eigenvalue weighted by Crippen LogP contribution is 2.25. The lowest BCUT2D eigenvalue weighted by molar-refractivity contribution is -0.133. The van der Waals surface area contributed by atoms with E-state index in [2.05, 4.69) is 13.8 Å². The van der Waals surface area contributed by atoms with Crippen molar-refractivity contribution in [2.45, 2.75) is 85.1 Å². The topological polar surface area (TPSA) is 55.2 Å². The third-order valence-electron chi connectivity index (χ3n) is 6.53. The van der Waals surface area contributed by atoms with Gasteiger partial charge in [-0.2, -0.15) is 0 Å². The van der Waals surface area contributed by atoms with Gasteiger partial charge in [-0.15, -0.1) is 0 Å². The fourth-order valence-electron chi connectivity index (χ4n) is 4.59. The quantitative estimate of drug-likeness (QED) is 0.281. The summed E-state index contributed by atoms with van der Waals surface area (Å²) in [5.74, 6) is 0.756. The van der Waals surface area contributed by atoms with Crippen molar-refractivity contribution in [3.05, 3.63) is 70.3 Å². The maximum absolute atomic E-state index is 13.7. The van der Waals surface area contributed by atoms with Crippen LogP contribution in [-0.4, -0.2) is 26.9 Å². The van der Waals surface area contributed by atoms with Crippen molar-refractivity contribution in [3.63, 3.8) is 0 Å². The molecule has 0 spiro atoms. The molecular formula is C29H39N3O2. The van der Waals surface area contributed by atoms with Crippen molar-refractivity contribution < 1.29 is 4.79 Å². The number of aryl methyl sites for hydroxylation is 1. The second-order valence-electron chi connectivity index (χ2n) is 9.20. The zero-order valence-electron chi connectivity index (χ0n) is 21.2. The molecule has 0 radical (unpaired) electrons. The molecule has 0 aliphatic heterocycles. The van der Waals surface area contributed by atoms with E-state index in [1.807, 2.05) is 67.3 Å². The van der Waals surface area contributed by atoms with Gasteiger partial charge in [0.1, 0.15) is 5.82 Å². The van der Waals surface area contributed by atoms with Crippen LogP contribution in [-0.2, 0) is 4.79 Å². The number of aromatic nitrogens is 2. The minimum absolute atomic E-state index is 0.0958. The molecule has 1 heterocycles. The number of benzene rings is 2. The van der Waals surface area contributed by atoms with Crippen molar-refractivity contribution in [2.24, 2.45) is 0 Å². The Hall–Kier alpha value is -2.95. The molecule has 1 amide bonds. The molecule has 0 aliphatic carbocycles. The number of fused-ring (bicyclic) bond motifs is 1. The summed E-state index contributed by atoms with van der Waals surface area (Å²) < 4.78 is 1.71. The van der Waals surface area contributed by atoms with Gasteiger partial charge < -0.3 is 4.90 Å². The van der Waals surface area contributed by atoms with E-state index in [1.54, 1.807) is 4.57 Å². The predicted molar refractivity (Wildman–Crippen MR) is 140 cm³/mol. The number of hydrogen-bond acceptors (Lipinski definition) is 3. The molecule has 0 N–H and O–H groups in total. The van der Waals surface area contributed by atoms with E-state index in [0.29, 0.717) is 29.7 Å². The lowest BCUT2D eigenvalue weighted by Gasteiger charge is -2.30. The normalized spacial score (nSPS) is 12.1. The molecule has 182 valence electrons. The first-order chi connectivity index (χ1) is 16.5.